The summed E-state index contributed by atoms with van der Waals surface area (Å²) in [5.74, 6) is 0.663. The first-order chi connectivity index (χ1) is 14.9. The number of aryl methyl sites for hydroxylation is 1. The van der Waals surface area contributed by atoms with Crippen LogP contribution >= 0.6 is 22.2 Å². The van der Waals surface area contributed by atoms with Crippen molar-refractivity contribution in [1.29, 1.82) is 0 Å². The summed E-state index contributed by atoms with van der Waals surface area (Å²) in [6.45, 7) is 1.93. The van der Waals surface area contributed by atoms with E-state index in [2.05, 4.69) is 9.97 Å². The zero-order valence-electron chi connectivity index (χ0n) is 17.5. The fraction of sp³-hybridized carbons (Fsp3) is 0.667. The van der Waals surface area contributed by atoms with Crippen LogP contribution in [0.3, 0.4) is 0 Å². The van der Waals surface area contributed by atoms with Crippen molar-refractivity contribution in [3.63, 3.8) is 0 Å². The van der Waals surface area contributed by atoms with Crippen LogP contribution in [0.4, 0.5) is 0 Å². The maximum Gasteiger partial charge on any atom is 0.255 e. The lowest BCUT2D eigenvalue weighted by Crippen LogP contribution is -2.29. The van der Waals surface area contributed by atoms with E-state index in [4.69, 9.17) is 21.1 Å². The van der Waals surface area contributed by atoms with Crippen molar-refractivity contribution in [2.45, 2.75) is 63.7 Å². The first kappa shape index (κ1) is 22.9. The van der Waals surface area contributed by atoms with Crippen LogP contribution in [0.1, 0.15) is 56.4 Å². The van der Waals surface area contributed by atoms with Crippen LogP contribution in [0.2, 0.25) is 5.15 Å². The second kappa shape index (κ2) is 10.1. The van der Waals surface area contributed by atoms with Gasteiger partial charge in [0.15, 0.2) is 6.29 Å². The Bertz CT molecular complexity index is 954. The highest BCUT2D eigenvalue weighted by Crippen LogP contribution is 2.48. The SMILES string of the molecule is O=c1c(C2CCS(O)(O)CC2)cc2c(Cl)ncnc2n1CCCCCCC1OCCO1. The summed E-state index contributed by atoms with van der Waals surface area (Å²) in [7, 11) is -2.50. The van der Waals surface area contributed by atoms with Crippen LogP contribution < -0.4 is 5.56 Å². The fourth-order valence-corrected chi connectivity index (χ4v) is 6.11. The minimum absolute atomic E-state index is 0.00856. The number of rotatable bonds is 8. The van der Waals surface area contributed by atoms with Crippen molar-refractivity contribution in [3.05, 3.63) is 33.5 Å². The first-order valence-corrected chi connectivity index (χ1v) is 13.2. The van der Waals surface area contributed by atoms with E-state index in [1.54, 1.807) is 10.6 Å². The molecule has 4 rings (SSSR count). The summed E-state index contributed by atoms with van der Waals surface area (Å²) >= 11 is 6.34. The van der Waals surface area contributed by atoms with E-state index in [1.165, 1.54) is 6.33 Å². The zero-order valence-corrected chi connectivity index (χ0v) is 19.1. The van der Waals surface area contributed by atoms with Gasteiger partial charge in [0.2, 0.25) is 0 Å². The smallest absolute Gasteiger partial charge is 0.255 e. The molecule has 0 saturated carbocycles. The molecule has 0 bridgehead atoms. The Morgan fingerprint density at radius 2 is 1.81 bits per heavy atom. The molecular formula is C21H30ClN3O5S. The number of hydrogen-bond acceptors (Lipinski definition) is 7. The number of aromatic nitrogens is 3. The molecule has 0 amide bonds. The van der Waals surface area contributed by atoms with Crippen LogP contribution in [-0.2, 0) is 16.0 Å². The van der Waals surface area contributed by atoms with E-state index in [0.29, 0.717) is 65.9 Å². The summed E-state index contributed by atoms with van der Waals surface area (Å²) in [4.78, 5) is 21.8. The number of ether oxygens (including phenoxy) is 2. The molecule has 0 radical (unpaired) electrons. The van der Waals surface area contributed by atoms with Crippen LogP contribution in [0, 0.1) is 0 Å². The minimum atomic E-state index is -2.50. The molecule has 4 heterocycles. The molecule has 2 aromatic heterocycles. The maximum atomic E-state index is 13.4. The molecule has 2 aromatic rings. The van der Waals surface area contributed by atoms with Crippen LogP contribution in [-0.4, -0.2) is 54.7 Å². The van der Waals surface area contributed by atoms with E-state index in [9.17, 15) is 13.9 Å². The number of hydrogen-bond donors (Lipinski definition) is 2. The molecule has 2 saturated heterocycles. The molecule has 2 N–H and O–H groups in total. The van der Waals surface area contributed by atoms with E-state index in [-0.39, 0.29) is 17.8 Å². The predicted octanol–water partition coefficient (Wildman–Crippen LogP) is 4.40. The normalized spacial score (nSPS) is 21.0. The Hall–Kier alpha value is -1.23. The molecule has 10 heteroatoms. The average molecular weight is 472 g/mol. The Balaban J connectivity index is 1.46. The van der Waals surface area contributed by atoms with Crippen LogP contribution in [0.25, 0.3) is 11.0 Å². The number of pyridine rings is 1. The van der Waals surface area contributed by atoms with E-state index in [0.717, 1.165) is 32.1 Å². The van der Waals surface area contributed by atoms with Crippen molar-refractivity contribution in [1.82, 2.24) is 14.5 Å². The van der Waals surface area contributed by atoms with Gasteiger partial charge in [-0.05, 0) is 44.1 Å². The molecule has 0 aliphatic carbocycles. The Labute approximate surface area is 188 Å². The topological polar surface area (TPSA) is 107 Å². The van der Waals surface area contributed by atoms with Gasteiger partial charge in [0, 0.05) is 23.6 Å². The Morgan fingerprint density at radius 1 is 1.10 bits per heavy atom. The second-order valence-electron chi connectivity index (χ2n) is 8.32. The molecule has 2 aliphatic heterocycles. The molecule has 0 unspecified atom stereocenters. The highest BCUT2D eigenvalue weighted by molar-refractivity contribution is 8.24. The van der Waals surface area contributed by atoms with E-state index >= 15 is 0 Å². The summed E-state index contributed by atoms with van der Waals surface area (Å²) in [6.07, 6.45) is 7.33. The lowest BCUT2D eigenvalue weighted by Gasteiger charge is -2.39. The van der Waals surface area contributed by atoms with Crippen molar-refractivity contribution < 1.29 is 18.6 Å². The highest BCUT2D eigenvalue weighted by Gasteiger charge is 2.28. The average Bonchev–Trinajstić information content (AvgIpc) is 3.26. The van der Waals surface area contributed by atoms with Gasteiger partial charge in [-0.2, -0.15) is 10.6 Å². The minimum Gasteiger partial charge on any atom is -0.350 e. The maximum absolute atomic E-state index is 13.4. The third-order valence-electron chi connectivity index (χ3n) is 6.15. The Morgan fingerprint density at radius 3 is 2.55 bits per heavy atom. The monoisotopic (exact) mass is 471 g/mol. The third kappa shape index (κ3) is 5.58. The van der Waals surface area contributed by atoms with Crippen molar-refractivity contribution in [3.8, 4) is 0 Å². The van der Waals surface area contributed by atoms with Crippen LogP contribution in [0.5, 0.6) is 0 Å². The van der Waals surface area contributed by atoms with Gasteiger partial charge in [0.05, 0.1) is 18.6 Å². The lowest BCUT2D eigenvalue weighted by molar-refractivity contribution is -0.0480. The summed E-state index contributed by atoms with van der Waals surface area (Å²) in [5, 5.41) is 1.00. The molecule has 8 nitrogen and oxygen atoms in total. The summed E-state index contributed by atoms with van der Waals surface area (Å²) in [5.41, 5.74) is 1.18. The van der Waals surface area contributed by atoms with Gasteiger partial charge in [0.25, 0.3) is 5.56 Å². The van der Waals surface area contributed by atoms with Gasteiger partial charge < -0.3 is 9.47 Å². The molecule has 172 valence electrons. The van der Waals surface area contributed by atoms with E-state index in [1.807, 2.05) is 0 Å². The van der Waals surface area contributed by atoms with Gasteiger partial charge in [-0.25, -0.2) is 9.97 Å². The number of unbranched alkanes of at least 4 members (excludes halogenated alkanes) is 3. The lowest BCUT2D eigenvalue weighted by atomic mass is 9.94. The van der Waals surface area contributed by atoms with Gasteiger partial charge in [-0.1, -0.05) is 24.4 Å². The molecule has 0 atom stereocenters. The van der Waals surface area contributed by atoms with Gasteiger partial charge in [0.1, 0.15) is 17.1 Å². The van der Waals surface area contributed by atoms with Crippen molar-refractivity contribution in [2.24, 2.45) is 0 Å². The van der Waals surface area contributed by atoms with Gasteiger partial charge >= 0.3 is 0 Å². The molecule has 2 fully saturated rings. The molecule has 0 aromatic carbocycles. The number of nitrogens with zero attached hydrogens (tertiary/aromatic N) is 3. The molecular weight excluding hydrogens is 442 g/mol. The molecule has 2 aliphatic rings. The third-order valence-corrected chi connectivity index (χ3v) is 8.23. The number of halogens is 1. The Kier molecular flexibility index (Phi) is 7.51. The largest absolute Gasteiger partial charge is 0.350 e. The zero-order chi connectivity index (χ0) is 21.8. The second-order valence-corrected chi connectivity index (χ2v) is 11.1. The number of fused-ring (bicyclic) bond motifs is 1. The summed E-state index contributed by atoms with van der Waals surface area (Å²) in [6, 6.07) is 1.81. The molecule has 0 spiro atoms. The van der Waals surface area contributed by atoms with Gasteiger partial charge in [-0.3, -0.25) is 18.5 Å². The van der Waals surface area contributed by atoms with E-state index < -0.39 is 10.6 Å². The fourth-order valence-electron chi connectivity index (χ4n) is 4.40. The van der Waals surface area contributed by atoms with Crippen molar-refractivity contribution in [2.75, 3.05) is 24.7 Å². The quantitative estimate of drug-likeness (QED) is 0.434. The van der Waals surface area contributed by atoms with Gasteiger partial charge in [-0.15, -0.1) is 0 Å². The summed E-state index contributed by atoms with van der Waals surface area (Å²) < 4.78 is 32.5. The molecule has 31 heavy (non-hydrogen) atoms. The standard InChI is InChI=1S/C21H30ClN3O5S/c22-19-17-13-16(15-6-11-31(27,28)12-7-15)21(26)25(20(17)24-14-23-19)8-4-2-1-3-5-18-29-9-10-30-18/h13-15,18,27-28H,1-12H2. The predicted molar refractivity (Wildman–Crippen MR) is 122 cm³/mol. The van der Waals surface area contributed by atoms with Crippen molar-refractivity contribution >= 4 is 33.2 Å². The highest BCUT2D eigenvalue weighted by atomic mass is 35.5. The first-order valence-electron chi connectivity index (χ1n) is 11.0. The van der Waals surface area contributed by atoms with Crippen LogP contribution in [0.15, 0.2) is 17.2 Å².